The van der Waals surface area contributed by atoms with Crippen LogP contribution in [0.5, 0.6) is 0 Å². The van der Waals surface area contributed by atoms with E-state index in [2.05, 4.69) is 32.9 Å². The highest BCUT2D eigenvalue weighted by molar-refractivity contribution is 14.0. The van der Waals surface area contributed by atoms with E-state index in [-0.39, 0.29) is 29.9 Å². The summed E-state index contributed by atoms with van der Waals surface area (Å²) in [5, 5.41) is 10.0. The molecule has 0 radical (unpaired) electrons. The van der Waals surface area contributed by atoms with E-state index in [0.717, 1.165) is 38.6 Å². The van der Waals surface area contributed by atoms with E-state index >= 15 is 0 Å². The summed E-state index contributed by atoms with van der Waals surface area (Å²) in [5.74, 6) is 0.538. The summed E-state index contributed by atoms with van der Waals surface area (Å²) in [6, 6.07) is 4.81. The molecule has 0 atom stereocenters. The normalized spacial score (nSPS) is 11.2. The zero-order valence-electron chi connectivity index (χ0n) is 17.3. The largest absolute Gasteiger partial charge is 0.385 e. The number of nitrogens with one attached hydrogen (secondary N) is 3. The topological polar surface area (TPSA) is 78.0 Å². The number of carbonyl (C=O) groups is 1. The molecule has 0 saturated heterocycles. The molecule has 0 saturated carbocycles. The fraction of sp³-hybridized carbons (Fsp3) is 0.579. The summed E-state index contributed by atoms with van der Waals surface area (Å²) in [5.41, 5.74) is 0.478. The molecule has 0 spiro atoms. The molecular formula is C19H32Cl2IN5O2. The highest BCUT2D eigenvalue weighted by atomic mass is 127. The molecule has 10 heteroatoms. The first-order valence-corrected chi connectivity index (χ1v) is 10.2. The van der Waals surface area contributed by atoms with Gasteiger partial charge in [-0.1, -0.05) is 23.2 Å². The average Bonchev–Trinajstić information content (AvgIpc) is 2.67. The van der Waals surface area contributed by atoms with Crippen LogP contribution in [-0.2, 0) is 4.74 Å². The quantitative estimate of drug-likeness (QED) is 0.159. The monoisotopic (exact) mass is 559 g/mol. The van der Waals surface area contributed by atoms with Crippen LogP contribution in [0.15, 0.2) is 23.2 Å². The Morgan fingerprint density at radius 3 is 2.52 bits per heavy atom. The SMILES string of the molecule is CCNC(=NCCN(C)CCCOC)NCCNC(=O)c1ccc(Cl)c(Cl)c1.I. The number of aliphatic imine (C=N–C) groups is 1. The van der Waals surface area contributed by atoms with E-state index in [9.17, 15) is 4.79 Å². The molecule has 0 aromatic heterocycles. The van der Waals surface area contributed by atoms with Crippen LogP contribution in [0.1, 0.15) is 23.7 Å². The van der Waals surface area contributed by atoms with Crippen molar-refractivity contribution < 1.29 is 9.53 Å². The third-order valence-electron chi connectivity index (χ3n) is 3.87. The van der Waals surface area contributed by atoms with E-state index in [4.69, 9.17) is 27.9 Å². The standard InChI is InChI=1S/C19H31Cl2N5O2.HI/c1-4-22-19(25-10-12-26(2)11-5-13-28-3)24-9-8-23-18(27)15-6-7-16(20)17(21)14-15;/h6-7,14H,4-5,8-13H2,1-3H3,(H,23,27)(H2,22,24,25);1H. The van der Waals surface area contributed by atoms with Gasteiger partial charge in [-0.25, -0.2) is 0 Å². The zero-order chi connectivity index (χ0) is 20.8. The number of guanidine groups is 1. The average molecular weight is 560 g/mol. The van der Waals surface area contributed by atoms with Gasteiger partial charge < -0.3 is 25.6 Å². The summed E-state index contributed by atoms with van der Waals surface area (Å²) in [7, 11) is 3.79. The highest BCUT2D eigenvalue weighted by Gasteiger charge is 2.07. The second-order valence-electron chi connectivity index (χ2n) is 6.22. The van der Waals surface area contributed by atoms with Crippen molar-refractivity contribution in [3.63, 3.8) is 0 Å². The summed E-state index contributed by atoms with van der Waals surface area (Å²) in [6.45, 7) is 7.11. The maximum atomic E-state index is 12.1. The molecule has 1 amide bonds. The van der Waals surface area contributed by atoms with Crippen LogP contribution in [0, 0.1) is 0 Å². The van der Waals surface area contributed by atoms with Crippen LogP contribution in [0.4, 0.5) is 0 Å². The van der Waals surface area contributed by atoms with Crippen molar-refractivity contribution in [2.24, 2.45) is 4.99 Å². The van der Waals surface area contributed by atoms with Crippen LogP contribution in [0.3, 0.4) is 0 Å². The molecule has 1 aromatic carbocycles. The number of benzene rings is 1. The minimum absolute atomic E-state index is 0. The summed E-state index contributed by atoms with van der Waals surface area (Å²) >= 11 is 11.8. The number of likely N-dealkylation sites (N-methyl/N-ethyl adjacent to an activating group) is 1. The van der Waals surface area contributed by atoms with E-state index in [1.807, 2.05) is 6.92 Å². The van der Waals surface area contributed by atoms with Crippen LogP contribution in [0.2, 0.25) is 10.0 Å². The van der Waals surface area contributed by atoms with Crippen molar-refractivity contribution in [3.05, 3.63) is 33.8 Å². The van der Waals surface area contributed by atoms with Gasteiger partial charge in [0.15, 0.2) is 5.96 Å². The van der Waals surface area contributed by atoms with Crippen molar-refractivity contribution in [3.8, 4) is 0 Å². The Hall–Kier alpha value is -0.810. The first-order chi connectivity index (χ1) is 13.5. The summed E-state index contributed by atoms with van der Waals surface area (Å²) < 4.78 is 5.06. The molecule has 0 aliphatic heterocycles. The van der Waals surface area contributed by atoms with Gasteiger partial charge in [-0.15, -0.1) is 24.0 Å². The van der Waals surface area contributed by atoms with Gasteiger partial charge in [-0.2, -0.15) is 0 Å². The number of halogens is 3. The molecule has 29 heavy (non-hydrogen) atoms. The van der Waals surface area contributed by atoms with Crippen molar-refractivity contribution >= 4 is 59.0 Å². The van der Waals surface area contributed by atoms with Gasteiger partial charge in [0, 0.05) is 52.0 Å². The number of hydrogen-bond donors (Lipinski definition) is 3. The predicted octanol–water partition coefficient (Wildman–Crippen LogP) is 2.86. The molecule has 1 rings (SSSR count). The Kier molecular flexibility index (Phi) is 16.5. The molecule has 166 valence electrons. The zero-order valence-corrected chi connectivity index (χ0v) is 21.1. The third kappa shape index (κ3) is 12.5. The van der Waals surface area contributed by atoms with Gasteiger partial charge in [0.25, 0.3) is 5.91 Å². The van der Waals surface area contributed by atoms with Crippen molar-refractivity contribution in [1.82, 2.24) is 20.9 Å². The number of ether oxygens (including phenoxy) is 1. The molecule has 0 aliphatic rings. The van der Waals surface area contributed by atoms with Crippen molar-refractivity contribution in [1.29, 1.82) is 0 Å². The Labute approximate surface area is 201 Å². The van der Waals surface area contributed by atoms with E-state index in [1.165, 1.54) is 0 Å². The molecule has 7 nitrogen and oxygen atoms in total. The Bertz CT molecular complexity index is 635. The Morgan fingerprint density at radius 2 is 1.86 bits per heavy atom. The number of rotatable bonds is 12. The second-order valence-corrected chi connectivity index (χ2v) is 7.04. The molecule has 0 fully saturated rings. The van der Waals surface area contributed by atoms with Crippen LogP contribution in [-0.4, -0.2) is 76.8 Å². The van der Waals surface area contributed by atoms with E-state index in [0.29, 0.717) is 35.2 Å². The summed E-state index contributed by atoms with van der Waals surface area (Å²) in [6.07, 6.45) is 1.01. The minimum Gasteiger partial charge on any atom is -0.385 e. The van der Waals surface area contributed by atoms with Crippen molar-refractivity contribution in [2.75, 3.05) is 60.0 Å². The first kappa shape index (κ1) is 28.2. The number of hydrogen-bond acceptors (Lipinski definition) is 4. The number of carbonyl (C=O) groups excluding carboxylic acids is 1. The van der Waals surface area contributed by atoms with Gasteiger partial charge in [0.05, 0.1) is 16.6 Å². The third-order valence-corrected chi connectivity index (χ3v) is 4.61. The van der Waals surface area contributed by atoms with Crippen LogP contribution in [0.25, 0.3) is 0 Å². The minimum atomic E-state index is -0.194. The lowest BCUT2D eigenvalue weighted by Gasteiger charge is -2.16. The molecule has 0 bridgehead atoms. The molecule has 0 aliphatic carbocycles. The van der Waals surface area contributed by atoms with Gasteiger partial charge in [-0.05, 0) is 38.6 Å². The van der Waals surface area contributed by atoms with Gasteiger partial charge in [-0.3, -0.25) is 9.79 Å². The summed E-state index contributed by atoms with van der Waals surface area (Å²) in [4.78, 5) is 18.9. The lowest BCUT2D eigenvalue weighted by molar-refractivity contribution is 0.0954. The molecule has 0 heterocycles. The van der Waals surface area contributed by atoms with Crippen LogP contribution >= 0.6 is 47.2 Å². The van der Waals surface area contributed by atoms with Gasteiger partial charge in [0.2, 0.25) is 0 Å². The fourth-order valence-electron chi connectivity index (χ4n) is 2.36. The molecule has 3 N–H and O–H groups in total. The Balaban J connectivity index is 0.00000784. The first-order valence-electron chi connectivity index (χ1n) is 9.40. The number of methoxy groups -OCH3 is 1. The fourth-order valence-corrected chi connectivity index (χ4v) is 2.66. The maximum absolute atomic E-state index is 12.1. The predicted molar refractivity (Wildman–Crippen MR) is 132 cm³/mol. The van der Waals surface area contributed by atoms with Crippen LogP contribution < -0.4 is 16.0 Å². The van der Waals surface area contributed by atoms with E-state index < -0.39 is 0 Å². The number of amides is 1. The molecule has 0 unspecified atom stereocenters. The highest BCUT2D eigenvalue weighted by Crippen LogP contribution is 2.22. The second kappa shape index (κ2) is 16.9. The molecule has 1 aromatic rings. The Morgan fingerprint density at radius 1 is 1.14 bits per heavy atom. The number of nitrogens with zero attached hydrogens (tertiary/aromatic N) is 2. The van der Waals surface area contributed by atoms with Crippen molar-refractivity contribution in [2.45, 2.75) is 13.3 Å². The smallest absolute Gasteiger partial charge is 0.251 e. The maximum Gasteiger partial charge on any atom is 0.251 e. The van der Waals surface area contributed by atoms with Gasteiger partial charge in [0.1, 0.15) is 0 Å². The van der Waals surface area contributed by atoms with Gasteiger partial charge >= 0.3 is 0 Å². The lowest BCUT2D eigenvalue weighted by atomic mass is 10.2. The lowest BCUT2D eigenvalue weighted by Crippen LogP contribution is -2.42. The molecular weight excluding hydrogens is 528 g/mol. The van der Waals surface area contributed by atoms with E-state index in [1.54, 1.807) is 25.3 Å².